The van der Waals surface area contributed by atoms with Crippen molar-refractivity contribution in [3.05, 3.63) is 57.6 Å². The van der Waals surface area contributed by atoms with Crippen LogP contribution in [-0.2, 0) is 31.1 Å². The molecular formula is C38H62MgO4. The number of aryl methyl sites for hydroxylation is 2. The van der Waals surface area contributed by atoms with Gasteiger partial charge < -0.3 is 19.7 Å². The van der Waals surface area contributed by atoms with Crippen molar-refractivity contribution in [3.63, 3.8) is 0 Å². The molecule has 2 fully saturated rings. The van der Waals surface area contributed by atoms with Gasteiger partial charge in [0.15, 0.2) is 0 Å². The second kappa shape index (κ2) is 17.4. The molecule has 2 aliphatic rings. The molecule has 2 heterocycles. The van der Waals surface area contributed by atoms with Crippen molar-refractivity contribution >= 4 is 23.1 Å². The zero-order valence-electron chi connectivity index (χ0n) is 30.3. The third-order valence-electron chi connectivity index (χ3n) is 7.35. The van der Waals surface area contributed by atoms with Gasteiger partial charge in [0.2, 0.25) is 0 Å². The minimum atomic E-state index is -0.0803. The Hall–Kier alpha value is -1.27. The van der Waals surface area contributed by atoms with E-state index in [0.29, 0.717) is 0 Å². The molecule has 2 aromatic carbocycles. The molecule has 0 bridgehead atoms. The normalized spacial score (nSPS) is 15.2. The van der Waals surface area contributed by atoms with Gasteiger partial charge >= 0.3 is 23.1 Å². The van der Waals surface area contributed by atoms with Crippen molar-refractivity contribution in [1.82, 2.24) is 0 Å². The molecule has 0 radical (unpaired) electrons. The number of ether oxygens (including phenoxy) is 2. The molecule has 43 heavy (non-hydrogen) atoms. The SMILES string of the molecule is C1CCOC1.C1CCOC1.Cc1cc(C(C)(C)C)c([O-])c(C(C)(C)C)c1.Cc1cc(C(C)(C)C)c([O-])c(C(C)(C)C)c1.[Mg+2]. The van der Waals surface area contributed by atoms with Crippen LogP contribution < -0.4 is 10.2 Å². The summed E-state index contributed by atoms with van der Waals surface area (Å²) in [4.78, 5) is 0. The summed E-state index contributed by atoms with van der Waals surface area (Å²) in [6.07, 6.45) is 5.11. The Morgan fingerprint density at radius 3 is 0.744 bits per heavy atom. The topological polar surface area (TPSA) is 64.6 Å². The summed E-state index contributed by atoms with van der Waals surface area (Å²) in [5.41, 5.74) is 5.74. The van der Waals surface area contributed by atoms with Crippen LogP contribution in [-0.4, -0.2) is 49.5 Å². The van der Waals surface area contributed by atoms with Gasteiger partial charge in [-0.15, -0.1) is 11.5 Å². The Labute approximate surface area is 281 Å². The summed E-state index contributed by atoms with van der Waals surface area (Å²) in [6.45, 7) is 33.2. The Morgan fingerprint density at radius 1 is 0.442 bits per heavy atom. The van der Waals surface area contributed by atoms with Crippen LogP contribution in [0.15, 0.2) is 24.3 Å². The molecule has 0 spiro atoms. The first-order valence-electron chi connectivity index (χ1n) is 15.9. The quantitative estimate of drug-likeness (QED) is 0.282. The maximum absolute atomic E-state index is 12.4. The van der Waals surface area contributed by atoms with Crippen LogP contribution in [0, 0.1) is 13.8 Å². The van der Waals surface area contributed by atoms with Crippen molar-refractivity contribution < 1.29 is 19.7 Å². The third kappa shape index (κ3) is 14.6. The van der Waals surface area contributed by atoms with Gasteiger partial charge in [-0.2, -0.15) is 0 Å². The first kappa shape index (κ1) is 41.7. The van der Waals surface area contributed by atoms with Gasteiger partial charge in [0.05, 0.1) is 0 Å². The second-order valence-corrected chi connectivity index (χ2v) is 16.0. The predicted octanol–water partition coefficient (Wildman–Crippen LogP) is 8.54. The Balaban J connectivity index is 0.000000608. The van der Waals surface area contributed by atoms with E-state index in [-0.39, 0.29) is 56.2 Å². The van der Waals surface area contributed by atoms with E-state index in [2.05, 4.69) is 96.9 Å². The first-order valence-corrected chi connectivity index (χ1v) is 15.9. The molecule has 2 saturated heterocycles. The Morgan fingerprint density at radius 2 is 0.628 bits per heavy atom. The zero-order chi connectivity index (χ0) is 32.5. The van der Waals surface area contributed by atoms with Gasteiger partial charge in [0.1, 0.15) is 0 Å². The van der Waals surface area contributed by atoms with E-state index in [9.17, 15) is 10.2 Å². The van der Waals surface area contributed by atoms with Crippen LogP contribution in [0.1, 0.15) is 142 Å². The van der Waals surface area contributed by atoms with E-state index in [1.165, 1.54) is 36.8 Å². The number of hydrogen-bond donors (Lipinski definition) is 0. The molecule has 4 rings (SSSR count). The van der Waals surface area contributed by atoms with Crippen LogP contribution in [0.2, 0.25) is 0 Å². The molecule has 0 unspecified atom stereocenters. The van der Waals surface area contributed by atoms with E-state index < -0.39 is 0 Å². The average molecular weight is 607 g/mol. The minimum Gasteiger partial charge on any atom is -0.872 e. The Kier molecular flexibility index (Phi) is 16.9. The minimum absolute atomic E-state index is 0. The van der Waals surface area contributed by atoms with Crippen LogP contribution in [0.4, 0.5) is 0 Å². The monoisotopic (exact) mass is 606 g/mol. The number of benzene rings is 2. The first-order chi connectivity index (χ1) is 19.1. The molecular weight excluding hydrogens is 545 g/mol. The van der Waals surface area contributed by atoms with E-state index >= 15 is 0 Å². The molecule has 2 aromatic rings. The molecule has 2 aliphatic heterocycles. The largest absolute Gasteiger partial charge is 2.00 e. The molecule has 240 valence electrons. The predicted molar refractivity (Wildman–Crippen MR) is 182 cm³/mol. The van der Waals surface area contributed by atoms with Crippen molar-refractivity contribution in [2.45, 2.75) is 144 Å². The molecule has 0 saturated carbocycles. The summed E-state index contributed by atoms with van der Waals surface area (Å²) < 4.78 is 9.89. The van der Waals surface area contributed by atoms with Gasteiger partial charge in [-0.1, -0.05) is 118 Å². The average Bonchev–Trinajstić information content (AvgIpc) is 3.58. The van der Waals surface area contributed by atoms with Gasteiger partial charge in [-0.05, 0) is 83.4 Å². The summed E-state index contributed by atoms with van der Waals surface area (Å²) in [6, 6.07) is 8.10. The standard InChI is InChI=1S/2C15H24O.2C4H8O.Mg/c2*1-10-8-11(14(2,3)4)13(16)12(9-10)15(5,6)7;2*1-2-4-5-3-1;/h2*8-9,16H,1-7H3;2*1-4H2;/q;;;;+2/p-2. The van der Waals surface area contributed by atoms with Crippen LogP contribution in [0.3, 0.4) is 0 Å². The van der Waals surface area contributed by atoms with E-state index in [0.717, 1.165) is 48.7 Å². The van der Waals surface area contributed by atoms with E-state index in [4.69, 9.17) is 9.47 Å². The Bertz CT molecular complexity index is 926. The van der Waals surface area contributed by atoms with Crippen LogP contribution in [0.25, 0.3) is 0 Å². The summed E-state index contributed by atoms with van der Waals surface area (Å²) in [5.74, 6) is 0.427. The van der Waals surface area contributed by atoms with E-state index in [1.54, 1.807) is 0 Å². The third-order valence-corrected chi connectivity index (χ3v) is 7.35. The van der Waals surface area contributed by atoms with Crippen molar-refractivity contribution in [1.29, 1.82) is 0 Å². The van der Waals surface area contributed by atoms with Crippen LogP contribution in [0.5, 0.6) is 11.5 Å². The molecule has 5 heteroatoms. The maximum Gasteiger partial charge on any atom is 2.00 e. The van der Waals surface area contributed by atoms with Crippen molar-refractivity contribution in [3.8, 4) is 11.5 Å². The number of rotatable bonds is 0. The summed E-state index contributed by atoms with van der Waals surface area (Å²) >= 11 is 0. The fraction of sp³-hybridized carbons (Fsp3) is 0.684. The summed E-state index contributed by atoms with van der Waals surface area (Å²) in [7, 11) is 0. The molecule has 0 atom stereocenters. The van der Waals surface area contributed by atoms with Gasteiger partial charge in [-0.25, -0.2) is 0 Å². The van der Waals surface area contributed by atoms with Crippen LogP contribution >= 0.6 is 0 Å². The fourth-order valence-corrected chi connectivity index (χ4v) is 4.80. The van der Waals surface area contributed by atoms with E-state index in [1.807, 2.05) is 24.3 Å². The molecule has 4 nitrogen and oxygen atoms in total. The van der Waals surface area contributed by atoms with Gasteiger partial charge in [-0.3, -0.25) is 0 Å². The zero-order valence-corrected chi connectivity index (χ0v) is 31.7. The summed E-state index contributed by atoms with van der Waals surface area (Å²) in [5, 5.41) is 24.8. The molecule has 0 N–H and O–H groups in total. The maximum atomic E-state index is 12.4. The van der Waals surface area contributed by atoms with Gasteiger partial charge in [0, 0.05) is 26.4 Å². The molecule has 0 amide bonds. The smallest absolute Gasteiger partial charge is 0.872 e. The van der Waals surface area contributed by atoms with Crippen molar-refractivity contribution in [2.24, 2.45) is 0 Å². The second-order valence-electron chi connectivity index (χ2n) is 16.0. The fourth-order valence-electron chi connectivity index (χ4n) is 4.80. The molecule has 0 aromatic heterocycles. The number of hydrogen-bond acceptors (Lipinski definition) is 4. The van der Waals surface area contributed by atoms with Crippen molar-refractivity contribution in [2.75, 3.05) is 26.4 Å². The van der Waals surface area contributed by atoms with Gasteiger partial charge in [0.25, 0.3) is 0 Å². The molecule has 0 aliphatic carbocycles.